The van der Waals surface area contributed by atoms with Gasteiger partial charge in [-0.3, -0.25) is 0 Å². The van der Waals surface area contributed by atoms with E-state index in [1.807, 2.05) is 0 Å². The maximum atomic E-state index is 5.60. The normalized spacial score (nSPS) is 20.6. The molecule has 1 aromatic rings. The first-order valence-corrected chi connectivity index (χ1v) is 5.49. The van der Waals surface area contributed by atoms with E-state index in [1.165, 1.54) is 18.5 Å². The van der Waals surface area contributed by atoms with Crippen molar-refractivity contribution in [3.63, 3.8) is 0 Å². The van der Waals surface area contributed by atoms with E-state index in [0.717, 1.165) is 25.2 Å². The van der Waals surface area contributed by atoms with Gasteiger partial charge in [0.05, 0.1) is 6.61 Å². The second-order valence-electron chi connectivity index (χ2n) is 3.99. The monoisotopic (exact) mass is 196 g/mol. The average Bonchev–Trinajstić information content (AvgIpc) is 2.59. The van der Waals surface area contributed by atoms with E-state index in [0.29, 0.717) is 12.0 Å². The first kappa shape index (κ1) is 9.56. The van der Waals surface area contributed by atoms with Crippen LogP contribution in [0, 0.1) is 0 Å². The van der Waals surface area contributed by atoms with Gasteiger partial charge in [-0.1, -0.05) is 13.8 Å². The number of H-pyrrole nitrogens is 1. The molecular weight excluding hydrogens is 178 g/mol. The molecule has 14 heavy (non-hydrogen) atoms. The summed E-state index contributed by atoms with van der Waals surface area (Å²) in [6.07, 6.45) is 5.12. The van der Waals surface area contributed by atoms with Crippen LogP contribution >= 0.6 is 0 Å². The molecule has 0 bridgehead atoms. The second-order valence-corrected chi connectivity index (χ2v) is 3.99. The molecule has 0 aromatic carbocycles. The fourth-order valence-electron chi connectivity index (χ4n) is 1.93. The van der Waals surface area contributed by atoms with Gasteiger partial charge in [-0.15, -0.1) is 4.98 Å². The third kappa shape index (κ3) is 1.76. The Morgan fingerprint density at radius 2 is 2.43 bits per heavy atom. The molecule has 1 unspecified atom stereocenters. The number of aryl methyl sites for hydroxylation is 1. The number of aromatic nitrogens is 1. The Kier molecular flexibility index (Phi) is 2.75. The highest BCUT2D eigenvalue weighted by Crippen LogP contribution is 2.30. The molecule has 78 valence electrons. The van der Waals surface area contributed by atoms with Gasteiger partial charge in [0, 0.05) is 12.3 Å². The van der Waals surface area contributed by atoms with E-state index in [-0.39, 0.29) is 0 Å². The Balaban J connectivity index is 2.13. The molecule has 1 atom stereocenters. The van der Waals surface area contributed by atoms with Crippen molar-refractivity contribution in [2.75, 3.05) is 6.61 Å². The minimum Gasteiger partial charge on any atom is -0.414 e. The van der Waals surface area contributed by atoms with Crippen LogP contribution in [0.1, 0.15) is 50.5 Å². The molecule has 3 nitrogen and oxygen atoms in total. The van der Waals surface area contributed by atoms with E-state index in [2.05, 4.69) is 18.8 Å². The number of rotatable bonds is 3. The van der Waals surface area contributed by atoms with Gasteiger partial charge in [-0.25, -0.2) is 0 Å². The minimum atomic E-state index is 0.585. The van der Waals surface area contributed by atoms with Crippen molar-refractivity contribution in [2.45, 2.75) is 45.4 Å². The Labute approximate surface area is 84.5 Å². The highest BCUT2D eigenvalue weighted by Gasteiger charge is 2.29. The lowest BCUT2D eigenvalue weighted by Gasteiger charge is -2.10. The zero-order chi connectivity index (χ0) is 9.97. The van der Waals surface area contributed by atoms with Crippen molar-refractivity contribution >= 4 is 0 Å². The van der Waals surface area contributed by atoms with E-state index in [1.54, 1.807) is 0 Å². The fraction of sp³-hybridized carbons (Fsp3) is 0.727. The number of nitrogens with one attached hydrogen (secondary N) is 1. The number of fused-ring (bicyclic) bond motifs is 1. The Hall–Kier alpha value is -0.990. The molecule has 0 saturated heterocycles. The molecule has 1 aliphatic carbocycles. The third-order valence-electron chi connectivity index (χ3n) is 2.72. The lowest BCUT2D eigenvalue weighted by molar-refractivity contribution is -0.414. The SMILES string of the molecule is CCCOc1[nH+]c2c(o1)CCCC2C. The molecule has 1 aliphatic rings. The summed E-state index contributed by atoms with van der Waals surface area (Å²) in [5.74, 6) is 1.68. The lowest BCUT2D eigenvalue weighted by atomic mass is 9.92. The number of hydrogen-bond donors (Lipinski definition) is 0. The summed E-state index contributed by atoms with van der Waals surface area (Å²) in [4.78, 5) is 3.23. The molecule has 0 aliphatic heterocycles. The summed E-state index contributed by atoms with van der Waals surface area (Å²) >= 11 is 0. The molecule has 1 N–H and O–H groups in total. The summed E-state index contributed by atoms with van der Waals surface area (Å²) in [5.41, 5.74) is 1.24. The van der Waals surface area contributed by atoms with Gasteiger partial charge < -0.3 is 9.15 Å². The van der Waals surface area contributed by atoms with Gasteiger partial charge in [0.1, 0.15) is 0 Å². The maximum absolute atomic E-state index is 5.60. The van der Waals surface area contributed by atoms with Crippen LogP contribution in [0.4, 0.5) is 0 Å². The molecule has 3 heteroatoms. The van der Waals surface area contributed by atoms with Gasteiger partial charge in [-0.05, 0) is 19.3 Å². The van der Waals surface area contributed by atoms with Crippen molar-refractivity contribution in [1.29, 1.82) is 0 Å². The molecule has 1 aromatic heterocycles. The number of aromatic amines is 1. The molecule has 0 saturated carbocycles. The van der Waals surface area contributed by atoms with E-state index in [4.69, 9.17) is 9.15 Å². The Bertz CT molecular complexity index is 306. The van der Waals surface area contributed by atoms with E-state index in [9.17, 15) is 0 Å². The van der Waals surface area contributed by atoms with Crippen LogP contribution in [0.25, 0.3) is 0 Å². The van der Waals surface area contributed by atoms with Crippen molar-refractivity contribution in [1.82, 2.24) is 0 Å². The summed E-state index contributed by atoms with van der Waals surface area (Å²) in [5, 5.41) is 0. The van der Waals surface area contributed by atoms with Crippen LogP contribution in [0.15, 0.2) is 4.42 Å². The largest absolute Gasteiger partial charge is 0.558 e. The Morgan fingerprint density at radius 3 is 3.14 bits per heavy atom. The summed E-state index contributed by atoms with van der Waals surface area (Å²) in [7, 11) is 0. The predicted octanol–water partition coefficient (Wildman–Crippen LogP) is 2.32. The standard InChI is InChI=1S/C11H17NO2/c1-3-7-13-11-12-10-8(2)5-4-6-9(10)14-11/h8H,3-7H2,1-2H3/p+1. The summed E-state index contributed by atoms with van der Waals surface area (Å²) in [6.45, 7) is 5.04. The Morgan fingerprint density at radius 1 is 1.57 bits per heavy atom. The van der Waals surface area contributed by atoms with Gasteiger partial charge >= 0.3 is 6.08 Å². The number of oxazole rings is 1. The van der Waals surface area contributed by atoms with E-state index < -0.39 is 0 Å². The first-order valence-electron chi connectivity index (χ1n) is 5.49. The minimum absolute atomic E-state index is 0.585. The molecule has 0 fully saturated rings. The molecule has 0 radical (unpaired) electrons. The first-order chi connectivity index (χ1) is 6.81. The van der Waals surface area contributed by atoms with Crippen molar-refractivity contribution < 1.29 is 14.1 Å². The number of hydrogen-bond acceptors (Lipinski definition) is 2. The molecule has 0 spiro atoms. The van der Waals surface area contributed by atoms with Crippen LogP contribution in [0.5, 0.6) is 6.08 Å². The third-order valence-corrected chi connectivity index (χ3v) is 2.72. The van der Waals surface area contributed by atoms with Crippen molar-refractivity contribution in [2.24, 2.45) is 0 Å². The van der Waals surface area contributed by atoms with Crippen LogP contribution in [0.3, 0.4) is 0 Å². The van der Waals surface area contributed by atoms with Crippen molar-refractivity contribution in [3.8, 4) is 6.08 Å². The van der Waals surface area contributed by atoms with Crippen LogP contribution in [-0.4, -0.2) is 6.61 Å². The van der Waals surface area contributed by atoms with E-state index >= 15 is 0 Å². The topological polar surface area (TPSA) is 36.5 Å². The zero-order valence-electron chi connectivity index (χ0n) is 8.93. The lowest BCUT2D eigenvalue weighted by Crippen LogP contribution is -2.16. The highest BCUT2D eigenvalue weighted by molar-refractivity contribution is 5.12. The fourth-order valence-corrected chi connectivity index (χ4v) is 1.93. The van der Waals surface area contributed by atoms with Crippen LogP contribution in [0.2, 0.25) is 0 Å². The quantitative estimate of drug-likeness (QED) is 0.743. The number of ether oxygens (including phenoxy) is 1. The molecule has 1 heterocycles. The van der Waals surface area contributed by atoms with Gasteiger partial charge in [0.15, 0.2) is 5.76 Å². The molecule has 2 rings (SSSR count). The highest BCUT2D eigenvalue weighted by atomic mass is 16.6. The van der Waals surface area contributed by atoms with Gasteiger partial charge in [0.2, 0.25) is 5.69 Å². The summed E-state index contributed by atoms with van der Waals surface area (Å²) < 4.78 is 11.0. The smallest absolute Gasteiger partial charge is 0.414 e. The van der Waals surface area contributed by atoms with Gasteiger partial charge in [0.25, 0.3) is 0 Å². The van der Waals surface area contributed by atoms with Crippen LogP contribution in [-0.2, 0) is 6.42 Å². The molecular formula is C11H18NO2+. The van der Waals surface area contributed by atoms with Crippen molar-refractivity contribution in [3.05, 3.63) is 11.5 Å². The van der Waals surface area contributed by atoms with Crippen LogP contribution < -0.4 is 9.72 Å². The average molecular weight is 196 g/mol. The zero-order valence-corrected chi connectivity index (χ0v) is 8.93. The summed E-state index contributed by atoms with van der Waals surface area (Å²) in [6, 6.07) is 0. The van der Waals surface area contributed by atoms with Gasteiger partial charge in [-0.2, -0.15) is 0 Å². The molecule has 0 amide bonds. The second kappa shape index (κ2) is 4.03. The maximum Gasteiger partial charge on any atom is 0.558 e. The predicted molar refractivity (Wildman–Crippen MR) is 52.4 cm³/mol.